The number of nitrogens with zero attached hydrogens (tertiary/aromatic N) is 4. The molecule has 1 fully saturated rings. The van der Waals surface area contributed by atoms with Crippen molar-refractivity contribution in [2.24, 2.45) is 0 Å². The average molecular weight is 369 g/mol. The minimum absolute atomic E-state index is 0.0704. The normalized spacial score (nSPS) is 14.8. The van der Waals surface area contributed by atoms with E-state index in [0.717, 1.165) is 24.6 Å². The number of aromatic nitrogens is 2. The minimum Gasteiger partial charge on any atom is -0.480 e. The number of nitrogens with one attached hydrogen (secondary N) is 1. The Balaban J connectivity index is 1.53. The first-order valence-electron chi connectivity index (χ1n) is 9.16. The quantitative estimate of drug-likeness (QED) is 0.900. The lowest BCUT2D eigenvalue weighted by molar-refractivity contribution is 0.208. The summed E-state index contributed by atoms with van der Waals surface area (Å²) in [5, 5.41) is 11.2. The van der Waals surface area contributed by atoms with Gasteiger partial charge in [-0.1, -0.05) is 32.9 Å². The molecule has 0 spiro atoms. The summed E-state index contributed by atoms with van der Waals surface area (Å²) in [5.41, 5.74) is 2.16. The van der Waals surface area contributed by atoms with Gasteiger partial charge in [-0.15, -0.1) is 10.2 Å². The Labute approximate surface area is 160 Å². The van der Waals surface area contributed by atoms with Crippen LogP contribution < -0.4 is 15.0 Å². The van der Waals surface area contributed by atoms with Crippen molar-refractivity contribution in [1.29, 1.82) is 0 Å². The van der Waals surface area contributed by atoms with E-state index in [1.165, 1.54) is 5.56 Å². The first-order chi connectivity index (χ1) is 12.9. The Bertz CT molecular complexity index is 760. The van der Waals surface area contributed by atoms with Crippen molar-refractivity contribution in [2.45, 2.75) is 26.2 Å². The summed E-state index contributed by atoms with van der Waals surface area (Å²) < 4.78 is 5.03. The molecule has 27 heavy (non-hydrogen) atoms. The number of hydrogen-bond acceptors (Lipinski definition) is 5. The van der Waals surface area contributed by atoms with Gasteiger partial charge in [0.15, 0.2) is 5.82 Å². The summed E-state index contributed by atoms with van der Waals surface area (Å²) in [6.07, 6.45) is 0. The summed E-state index contributed by atoms with van der Waals surface area (Å²) in [7, 11) is 1.57. The molecule has 0 unspecified atom stereocenters. The van der Waals surface area contributed by atoms with Crippen LogP contribution in [0, 0.1) is 0 Å². The van der Waals surface area contributed by atoms with Crippen LogP contribution >= 0.6 is 0 Å². The summed E-state index contributed by atoms with van der Waals surface area (Å²) in [5.74, 6) is 1.29. The number of rotatable bonds is 3. The second kappa shape index (κ2) is 7.82. The molecule has 144 valence electrons. The highest BCUT2D eigenvalue weighted by atomic mass is 16.5. The van der Waals surface area contributed by atoms with Crippen molar-refractivity contribution in [1.82, 2.24) is 15.1 Å². The number of anilines is 2. The van der Waals surface area contributed by atoms with Crippen molar-refractivity contribution in [2.75, 3.05) is 43.5 Å². The van der Waals surface area contributed by atoms with Crippen LogP contribution in [-0.2, 0) is 5.41 Å². The number of methoxy groups -OCH3 is 1. The van der Waals surface area contributed by atoms with Gasteiger partial charge in [0.1, 0.15) is 0 Å². The number of carbonyl (C=O) groups excluding carboxylic acids is 1. The van der Waals surface area contributed by atoms with Crippen LogP contribution in [0.1, 0.15) is 26.3 Å². The first kappa shape index (κ1) is 18.9. The molecule has 0 radical (unpaired) electrons. The second-order valence-electron chi connectivity index (χ2n) is 7.67. The Morgan fingerprint density at radius 3 is 2.19 bits per heavy atom. The smallest absolute Gasteiger partial charge is 0.321 e. The fourth-order valence-corrected chi connectivity index (χ4v) is 2.99. The van der Waals surface area contributed by atoms with Crippen LogP contribution in [0.5, 0.6) is 5.88 Å². The summed E-state index contributed by atoms with van der Waals surface area (Å²) in [4.78, 5) is 16.5. The molecule has 3 rings (SSSR count). The van der Waals surface area contributed by atoms with Gasteiger partial charge in [0.05, 0.1) is 7.11 Å². The van der Waals surface area contributed by atoms with E-state index in [0.29, 0.717) is 19.0 Å². The fraction of sp³-hybridized carbons (Fsp3) is 0.450. The maximum absolute atomic E-state index is 12.5. The van der Waals surface area contributed by atoms with E-state index in [9.17, 15) is 4.79 Å². The third kappa shape index (κ3) is 4.67. The van der Waals surface area contributed by atoms with Crippen molar-refractivity contribution < 1.29 is 9.53 Å². The van der Waals surface area contributed by atoms with Crippen LogP contribution in [0.4, 0.5) is 16.3 Å². The number of amides is 2. The standard InChI is InChI=1S/C20H27N5O2/c1-20(2,3)15-5-7-16(8-6-15)21-19(26)25-13-11-24(12-14-25)17-9-10-18(27-4)23-22-17/h5-10H,11-14H2,1-4H3,(H,21,26). The third-order valence-corrected chi connectivity index (χ3v) is 4.73. The van der Waals surface area contributed by atoms with Gasteiger partial charge < -0.3 is 19.9 Å². The highest BCUT2D eigenvalue weighted by Crippen LogP contribution is 2.23. The molecule has 7 heteroatoms. The van der Waals surface area contributed by atoms with E-state index in [2.05, 4.69) is 53.3 Å². The molecule has 0 saturated carbocycles. The van der Waals surface area contributed by atoms with Gasteiger partial charge in [0.25, 0.3) is 0 Å². The van der Waals surface area contributed by atoms with Crippen molar-refractivity contribution in [3.8, 4) is 5.88 Å². The van der Waals surface area contributed by atoms with Gasteiger partial charge in [-0.2, -0.15) is 0 Å². The van der Waals surface area contributed by atoms with Gasteiger partial charge in [-0.05, 0) is 29.2 Å². The molecule has 2 amide bonds. The maximum atomic E-state index is 12.5. The molecule has 0 atom stereocenters. The summed E-state index contributed by atoms with van der Waals surface area (Å²) >= 11 is 0. The van der Waals surface area contributed by atoms with Gasteiger partial charge in [0, 0.05) is 37.9 Å². The number of carbonyl (C=O) groups is 1. The summed E-state index contributed by atoms with van der Waals surface area (Å²) in [6.45, 7) is 9.24. The van der Waals surface area contributed by atoms with Crippen LogP contribution in [0.25, 0.3) is 0 Å². The zero-order valence-electron chi connectivity index (χ0n) is 16.4. The molecule has 1 aromatic heterocycles. The van der Waals surface area contributed by atoms with Gasteiger partial charge in [-0.25, -0.2) is 4.79 Å². The summed E-state index contributed by atoms with van der Waals surface area (Å²) in [6, 6.07) is 11.7. The number of piperazine rings is 1. The maximum Gasteiger partial charge on any atom is 0.321 e. The number of hydrogen-bond donors (Lipinski definition) is 1. The van der Waals surface area contributed by atoms with Crippen LogP contribution in [0.3, 0.4) is 0 Å². The molecule has 7 nitrogen and oxygen atoms in total. The Morgan fingerprint density at radius 1 is 1.00 bits per heavy atom. The lowest BCUT2D eigenvalue weighted by atomic mass is 9.87. The molecule has 1 saturated heterocycles. The van der Waals surface area contributed by atoms with Crippen molar-refractivity contribution in [3.05, 3.63) is 42.0 Å². The van der Waals surface area contributed by atoms with E-state index in [-0.39, 0.29) is 11.4 Å². The Hall–Kier alpha value is -2.83. The average Bonchev–Trinajstić information content (AvgIpc) is 2.68. The number of ether oxygens (including phenoxy) is 1. The lowest BCUT2D eigenvalue weighted by Crippen LogP contribution is -2.50. The SMILES string of the molecule is COc1ccc(N2CCN(C(=O)Nc3ccc(C(C)(C)C)cc3)CC2)nn1. The zero-order chi connectivity index (χ0) is 19.4. The molecule has 1 aliphatic rings. The van der Waals surface area contributed by atoms with Gasteiger partial charge in [0.2, 0.25) is 5.88 Å². The topological polar surface area (TPSA) is 70.6 Å². The molecule has 1 aromatic carbocycles. The molecule has 0 bridgehead atoms. The monoisotopic (exact) mass is 369 g/mol. The molecule has 1 aliphatic heterocycles. The van der Waals surface area contributed by atoms with Gasteiger partial charge >= 0.3 is 6.03 Å². The highest BCUT2D eigenvalue weighted by Gasteiger charge is 2.22. The lowest BCUT2D eigenvalue weighted by Gasteiger charge is -2.35. The predicted octanol–water partition coefficient (Wildman–Crippen LogP) is 3.14. The number of benzene rings is 1. The van der Waals surface area contributed by atoms with E-state index in [4.69, 9.17) is 4.74 Å². The van der Waals surface area contributed by atoms with E-state index >= 15 is 0 Å². The Morgan fingerprint density at radius 2 is 1.67 bits per heavy atom. The predicted molar refractivity (Wildman–Crippen MR) is 107 cm³/mol. The van der Waals surface area contributed by atoms with Crippen LogP contribution in [-0.4, -0.2) is 54.4 Å². The fourth-order valence-electron chi connectivity index (χ4n) is 2.99. The molecular formula is C20H27N5O2. The first-order valence-corrected chi connectivity index (χ1v) is 9.16. The van der Waals surface area contributed by atoms with E-state index in [1.807, 2.05) is 23.1 Å². The van der Waals surface area contributed by atoms with Crippen LogP contribution in [0.2, 0.25) is 0 Å². The third-order valence-electron chi connectivity index (χ3n) is 4.73. The number of urea groups is 1. The van der Waals surface area contributed by atoms with Crippen molar-refractivity contribution in [3.63, 3.8) is 0 Å². The van der Waals surface area contributed by atoms with E-state index in [1.54, 1.807) is 13.2 Å². The second-order valence-corrected chi connectivity index (χ2v) is 7.67. The molecule has 2 heterocycles. The molecular weight excluding hydrogens is 342 g/mol. The van der Waals surface area contributed by atoms with E-state index < -0.39 is 0 Å². The van der Waals surface area contributed by atoms with Crippen LogP contribution in [0.15, 0.2) is 36.4 Å². The largest absolute Gasteiger partial charge is 0.480 e. The molecule has 0 aliphatic carbocycles. The van der Waals surface area contributed by atoms with Crippen molar-refractivity contribution >= 4 is 17.5 Å². The van der Waals surface area contributed by atoms with Gasteiger partial charge in [-0.3, -0.25) is 0 Å². The zero-order valence-corrected chi connectivity index (χ0v) is 16.4. The highest BCUT2D eigenvalue weighted by molar-refractivity contribution is 5.89. The molecule has 2 aromatic rings. The molecule has 1 N–H and O–H groups in total. The Kier molecular flexibility index (Phi) is 5.48. The minimum atomic E-state index is -0.0704.